The van der Waals surface area contributed by atoms with Crippen molar-refractivity contribution in [2.45, 2.75) is 91.2 Å². The molecule has 29 heavy (non-hydrogen) atoms. The average molecular weight is 400 g/mol. The van der Waals surface area contributed by atoms with Gasteiger partial charge in [0.05, 0.1) is 0 Å². The van der Waals surface area contributed by atoms with Crippen molar-refractivity contribution in [3.63, 3.8) is 0 Å². The van der Waals surface area contributed by atoms with Gasteiger partial charge in [-0.25, -0.2) is 4.79 Å². The number of carbonyl (C=O) groups excluding carboxylic acids is 2. The highest BCUT2D eigenvalue weighted by molar-refractivity contribution is 6.01. The second-order valence-electron chi connectivity index (χ2n) is 10.6. The normalized spacial score (nSPS) is 43.3. The van der Waals surface area contributed by atoms with Crippen molar-refractivity contribution in [2.75, 3.05) is 0 Å². The van der Waals surface area contributed by atoms with E-state index in [2.05, 4.69) is 32.2 Å². The Morgan fingerprint density at radius 3 is 2.62 bits per heavy atom. The molecule has 0 aromatic heterocycles. The zero-order valence-electron chi connectivity index (χ0n) is 18.7. The fraction of sp³-hybridized carbons (Fsp3) is 0.760. The number of hydrogen-bond donors (Lipinski definition) is 1. The lowest BCUT2D eigenvalue weighted by Crippen LogP contribution is -2.56. The van der Waals surface area contributed by atoms with Gasteiger partial charge in [0.2, 0.25) is 0 Å². The molecule has 160 valence electrons. The molecule has 4 heteroatoms. The van der Waals surface area contributed by atoms with E-state index in [1.54, 1.807) is 6.08 Å². The quantitative estimate of drug-likeness (QED) is 0.674. The summed E-state index contributed by atoms with van der Waals surface area (Å²) in [7, 11) is 0. The van der Waals surface area contributed by atoms with E-state index in [1.165, 1.54) is 5.57 Å². The van der Waals surface area contributed by atoms with Crippen molar-refractivity contribution in [1.29, 1.82) is 0 Å². The molecule has 4 aliphatic rings. The van der Waals surface area contributed by atoms with Crippen LogP contribution in [0.5, 0.6) is 0 Å². The van der Waals surface area contributed by atoms with E-state index in [9.17, 15) is 9.59 Å². The van der Waals surface area contributed by atoms with Gasteiger partial charge in [-0.3, -0.25) is 4.79 Å². The summed E-state index contributed by atoms with van der Waals surface area (Å²) >= 11 is 0. The van der Waals surface area contributed by atoms with Gasteiger partial charge in [-0.1, -0.05) is 32.4 Å². The van der Waals surface area contributed by atoms with Crippen molar-refractivity contribution in [3.05, 3.63) is 23.8 Å². The van der Waals surface area contributed by atoms with E-state index in [-0.39, 0.29) is 34.3 Å². The van der Waals surface area contributed by atoms with Gasteiger partial charge in [0.25, 0.3) is 0 Å². The largest absolute Gasteiger partial charge is 0.442 e. The van der Waals surface area contributed by atoms with Crippen LogP contribution < -0.4 is 5.32 Å². The van der Waals surface area contributed by atoms with E-state index in [0.29, 0.717) is 17.8 Å². The van der Waals surface area contributed by atoms with Crippen LogP contribution in [0, 0.1) is 28.6 Å². The van der Waals surface area contributed by atoms with Gasteiger partial charge in [-0.2, -0.15) is 0 Å². The van der Waals surface area contributed by atoms with E-state index in [0.717, 1.165) is 44.9 Å². The Kier molecular flexibility index (Phi) is 4.99. The minimum absolute atomic E-state index is 0.0193. The van der Waals surface area contributed by atoms with Crippen molar-refractivity contribution in [1.82, 2.24) is 5.32 Å². The SMILES string of the molecule is CC[C@]1(OC(=O)NC(C)C)CCC2C3CCC4=CC(=O)C=C[C@]4(C)C3CC[C@@]21C. The van der Waals surface area contributed by atoms with Gasteiger partial charge in [0.15, 0.2) is 5.78 Å². The van der Waals surface area contributed by atoms with E-state index in [1.807, 2.05) is 19.9 Å². The van der Waals surface area contributed by atoms with Crippen LogP contribution in [0.2, 0.25) is 0 Å². The van der Waals surface area contributed by atoms with Crippen LogP contribution >= 0.6 is 0 Å². The number of alkyl carbamates (subject to hydrolysis) is 1. The lowest BCUT2D eigenvalue weighted by Gasteiger charge is -2.58. The molecule has 0 aliphatic heterocycles. The molecule has 0 radical (unpaired) electrons. The summed E-state index contributed by atoms with van der Waals surface area (Å²) in [6.07, 6.45) is 13.0. The van der Waals surface area contributed by atoms with Crippen LogP contribution in [-0.2, 0) is 9.53 Å². The molecule has 0 bridgehead atoms. The topological polar surface area (TPSA) is 55.4 Å². The molecule has 1 amide bonds. The number of rotatable bonds is 3. The molecule has 4 aliphatic carbocycles. The second-order valence-corrected chi connectivity index (χ2v) is 10.6. The Bertz CT molecular complexity index is 768. The van der Waals surface area contributed by atoms with Crippen LogP contribution in [0.15, 0.2) is 23.8 Å². The van der Waals surface area contributed by atoms with Gasteiger partial charge in [0.1, 0.15) is 5.60 Å². The lowest BCUT2D eigenvalue weighted by molar-refractivity contribution is -0.126. The number of amides is 1. The first-order valence-electron chi connectivity index (χ1n) is 11.6. The smallest absolute Gasteiger partial charge is 0.407 e. The maximum atomic E-state index is 12.6. The summed E-state index contributed by atoms with van der Waals surface area (Å²) in [6.45, 7) is 10.9. The summed E-state index contributed by atoms with van der Waals surface area (Å²) in [6, 6.07) is 0.0847. The average Bonchev–Trinajstić information content (AvgIpc) is 2.94. The first-order valence-corrected chi connectivity index (χ1v) is 11.6. The lowest BCUT2D eigenvalue weighted by atomic mass is 9.47. The molecule has 6 atom stereocenters. The molecule has 0 saturated heterocycles. The van der Waals surface area contributed by atoms with Crippen LogP contribution in [0.1, 0.15) is 79.6 Å². The van der Waals surface area contributed by atoms with Gasteiger partial charge >= 0.3 is 6.09 Å². The number of ether oxygens (including phenoxy) is 1. The zero-order valence-corrected chi connectivity index (χ0v) is 18.7. The summed E-state index contributed by atoms with van der Waals surface area (Å²) in [5.74, 6) is 1.95. The van der Waals surface area contributed by atoms with Crippen molar-refractivity contribution >= 4 is 11.9 Å². The predicted octanol–water partition coefficient (Wildman–Crippen LogP) is 5.58. The maximum absolute atomic E-state index is 12.6. The van der Waals surface area contributed by atoms with E-state index in [4.69, 9.17) is 4.74 Å². The summed E-state index contributed by atoms with van der Waals surface area (Å²) in [5, 5.41) is 2.94. The van der Waals surface area contributed by atoms with Gasteiger partial charge < -0.3 is 10.1 Å². The van der Waals surface area contributed by atoms with Gasteiger partial charge in [0, 0.05) is 16.9 Å². The highest BCUT2D eigenvalue weighted by Gasteiger charge is 2.65. The Balaban J connectivity index is 1.62. The number of carbonyl (C=O) groups is 2. The van der Waals surface area contributed by atoms with Crippen molar-refractivity contribution < 1.29 is 14.3 Å². The first-order chi connectivity index (χ1) is 13.6. The van der Waals surface area contributed by atoms with Crippen LogP contribution in [-0.4, -0.2) is 23.5 Å². The zero-order chi connectivity index (χ0) is 21.0. The summed E-state index contributed by atoms with van der Waals surface area (Å²) < 4.78 is 6.24. The molecule has 0 aromatic carbocycles. The van der Waals surface area contributed by atoms with Crippen molar-refractivity contribution in [3.8, 4) is 0 Å². The third-order valence-corrected chi connectivity index (χ3v) is 9.11. The Morgan fingerprint density at radius 2 is 1.93 bits per heavy atom. The molecule has 3 fully saturated rings. The van der Waals surface area contributed by atoms with Crippen LogP contribution in [0.25, 0.3) is 0 Å². The van der Waals surface area contributed by atoms with Gasteiger partial charge in [-0.15, -0.1) is 0 Å². The number of allylic oxidation sites excluding steroid dienone is 4. The Morgan fingerprint density at radius 1 is 1.21 bits per heavy atom. The van der Waals surface area contributed by atoms with Gasteiger partial charge in [-0.05, 0) is 88.7 Å². The number of nitrogens with one attached hydrogen (secondary N) is 1. The second kappa shape index (κ2) is 6.99. The molecule has 3 unspecified atom stereocenters. The summed E-state index contributed by atoms with van der Waals surface area (Å²) in [5.41, 5.74) is 1.02. The molecule has 4 rings (SSSR count). The standard InChI is InChI=1S/C25H37NO3/c1-6-25(29-22(28)26-16(2)3)14-11-21-19-8-7-17-15-18(27)9-12-23(17,4)20(19)10-13-24(21,25)5/h9,12,15-16,19-21H,6-8,10-11,13-14H2,1-5H3,(H,26,28)/t19?,20?,21?,23-,24-,25-/m0/s1. The molecule has 4 nitrogen and oxygen atoms in total. The minimum Gasteiger partial charge on any atom is -0.442 e. The molecule has 0 spiro atoms. The molecule has 1 N–H and O–H groups in total. The Hall–Kier alpha value is -1.58. The summed E-state index contributed by atoms with van der Waals surface area (Å²) in [4.78, 5) is 24.5. The maximum Gasteiger partial charge on any atom is 0.407 e. The van der Waals surface area contributed by atoms with Crippen molar-refractivity contribution in [2.24, 2.45) is 28.6 Å². The molecular weight excluding hydrogens is 362 g/mol. The predicted molar refractivity (Wildman–Crippen MR) is 114 cm³/mol. The minimum atomic E-state index is -0.364. The first kappa shape index (κ1) is 20.7. The molecule has 0 heterocycles. The fourth-order valence-electron chi connectivity index (χ4n) is 7.55. The van der Waals surface area contributed by atoms with E-state index >= 15 is 0 Å². The van der Waals surface area contributed by atoms with Crippen LogP contribution in [0.4, 0.5) is 4.79 Å². The molecular formula is C25H37NO3. The number of ketones is 1. The highest BCUT2D eigenvalue weighted by atomic mass is 16.6. The number of hydrogen-bond acceptors (Lipinski definition) is 3. The third kappa shape index (κ3) is 3.00. The molecule has 0 aromatic rings. The van der Waals surface area contributed by atoms with Crippen LogP contribution in [0.3, 0.4) is 0 Å². The monoisotopic (exact) mass is 399 g/mol. The number of fused-ring (bicyclic) bond motifs is 5. The fourth-order valence-corrected chi connectivity index (χ4v) is 7.55. The third-order valence-electron chi connectivity index (χ3n) is 9.11. The molecule has 3 saturated carbocycles. The Labute approximate surface area is 175 Å². The highest BCUT2D eigenvalue weighted by Crippen LogP contribution is 2.68. The van der Waals surface area contributed by atoms with E-state index < -0.39 is 0 Å².